The van der Waals surface area contributed by atoms with Crippen LogP contribution in [0.25, 0.3) is 0 Å². The molecule has 1 atom stereocenters. The second kappa shape index (κ2) is 7.54. The van der Waals surface area contributed by atoms with Crippen molar-refractivity contribution in [3.63, 3.8) is 0 Å². The van der Waals surface area contributed by atoms with Gasteiger partial charge in [-0.05, 0) is 25.0 Å². The molecule has 24 heavy (non-hydrogen) atoms. The van der Waals surface area contributed by atoms with Crippen molar-refractivity contribution in [2.45, 2.75) is 35.5 Å². The van der Waals surface area contributed by atoms with E-state index in [1.165, 1.54) is 16.3 Å². The Labute approximate surface area is 144 Å². The number of benzene rings is 1. The molecule has 1 saturated heterocycles. The lowest BCUT2D eigenvalue weighted by atomic mass is 10.2. The number of nitrogens with one attached hydrogen (secondary N) is 1. The zero-order valence-corrected chi connectivity index (χ0v) is 14.7. The van der Waals surface area contributed by atoms with Crippen LogP contribution in [0.15, 0.2) is 45.2 Å². The molecule has 1 aromatic carbocycles. The summed E-state index contributed by atoms with van der Waals surface area (Å²) in [4.78, 5) is 12.2. The number of rotatable bonds is 7. The van der Waals surface area contributed by atoms with Crippen LogP contribution in [0.1, 0.15) is 12.8 Å². The number of nitrogens with zero attached hydrogens (tertiary/aromatic N) is 2. The van der Waals surface area contributed by atoms with E-state index in [1.807, 2.05) is 0 Å². The lowest BCUT2D eigenvalue weighted by Gasteiger charge is -2.11. The number of ether oxygens (including phenoxy) is 1. The van der Waals surface area contributed by atoms with Gasteiger partial charge in [0.1, 0.15) is 0 Å². The van der Waals surface area contributed by atoms with Gasteiger partial charge in [-0.15, -0.1) is 5.10 Å². The molecule has 1 N–H and O–H groups in total. The standard InChI is InChI=1S/C15H19N3O4S2/c19-14-16-17-15(18(14)11-12-5-4-8-22-12)23-9-10-24(20,21)13-6-2-1-3-7-13/h1-3,6-7,12H,4-5,8-11H2,(H,16,19). The normalized spacial score (nSPS) is 18.1. The molecule has 130 valence electrons. The van der Waals surface area contributed by atoms with Crippen LogP contribution in [0.4, 0.5) is 0 Å². The Balaban J connectivity index is 1.62. The Hall–Kier alpha value is -1.58. The zero-order chi connectivity index (χ0) is 17.0. The van der Waals surface area contributed by atoms with Gasteiger partial charge in [0, 0.05) is 12.4 Å². The summed E-state index contributed by atoms with van der Waals surface area (Å²) in [6, 6.07) is 8.35. The van der Waals surface area contributed by atoms with Gasteiger partial charge in [0.05, 0.1) is 23.3 Å². The van der Waals surface area contributed by atoms with Gasteiger partial charge in [-0.1, -0.05) is 30.0 Å². The predicted molar refractivity (Wildman–Crippen MR) is 91.0 cm³/mol. The average molecular weight is 369 g/mol. The first-order valence-electron chi connectivity index (χ1n) is 7.74. The maximum atomic E-state index is 12.3. The first-order valence-corrected chi connectivity index (χ1v) is 10.4. The van der Waals surface area contributed by atoms with E-state index < -0.39 is 9.84 Å². The minimum atomic E-state index is -3.33. The second-order valence-electron chi connectivity index (χ2n) is 5.54. The largest absolute Gasteiger partial charge is 0.376 e. The lowest BCUT2D eigenvalue weighted by Crippen LogP contribution is -2.25. The van der Waals surface area contributed by atoms with Crippen molar-refractivity contribution >= 4 is 21.6 Å². The fourth-order valence-corrected chi connectivity index (χ4v) is 5.18. The van der Waals surface area contributed by atoms with Gasteiger partial charge in [0.15, 0.2) is 15.0 Å². The molecule has 3 rings (SSSR count). The summed E-state index contributed by atoms with van der Waals surface area (Å²) in [5.74, 6) is 0.315. The van der Waals surface area contributed by atoms with Crippen LogP contribution in [0.5, 0.6) is 0 Å². The molecule has 2 heterocycles. The highest BCUT2D eigenvalue weighted by atomic mass is 32.2. The zero-order valence-electron chi connectivity index (χ0n) is 13.1. The minimum absolute atomic E-state index is 0.0113. The quantitative estimate of drug-likeness (QED) is 0.740. The predicted octanol–water partition coefficient (Wildman–Crippen LogP) is 1.32. The van der Waals surface area contributed by atoms with Crippen LogP contribution in [-0.2, 0) is 21.1 Å². The van der Waals surface area contributed by atoms with Crippen molar-refractivity contribution in [3.8, 4) is 0 Å². The highest BCUT2D eigenvalue weighted by molar-refractivity contribution is 8.00. The molecule has 1 aromatic heterocycles. The maximum Gasteiger partial charge on any atom is 0.344 e. The van der Waals surface area contributed by atoms with Crippen LogP contribution < -0.4 is 5.69 Å². The molecule has 0 aliphatic carbocycles. The first kappa shape index (κ1) is 17.2. The third kappa shape index (κ3) is 4.08. The second-order valence-corrected chi connectivity index (χ2v) is 8.71. The number of aromatic amines is 1. The number of sulfone groups is 1. The van der Waals surface area contributed by atoms with E-state index in [0.29, 0.717) is 22.3 Å². The average Bonchev–Trinajstić information content (AvgIpc) is 3.21. The van der Waals surface area contributed by atoms with E-state index in [9.17, 15) is 13.2 Å². The molecule has 0 amide bonds. The Morgan fingerprint density at radius 3 is 2.83 bits per heavy atom. The van der Waals surface area contributed by atoms with E-state index in [4.69, 9.17) is 4.74 Å². The Kier molecular flexibility index (Phi) is 5.42. The number of H-pyrrole nitrogens is 1. The molecular formula is C15H19N3O4S2. The first-order chi connectivity index (χ1) is 11.6. The summed E-state index contributed by atoms with van der Waals surface area (Å²) in [7, 11) is -3.33. The lowest BCUT2D eigenvalue weighted by molar-refractivity contribution is 0.0941. The van der Waals surface area contributed by atoms with Gasteiger partial charge in [0.25, 0.3) is 0 Å². The van der Waals surface area contributed by atoms with Crippen molar-refractivity contribution in [1.29, 1.82) is 0 Å². The molecule has 1 aliphatic rings. The Morgan fingerprint density at radius 1 is 1.33 bits per heavy atom. The van der Waals surface area contributed by atoms with Crippen molar-refractivity contribution in [2.75, 3.05) is 18.1 Å². The van der Waals surface area contributed by atoms with Crippen molar-refractivity contribution in [2.24, 2.45) is 0 Å². The summed E-state index contributed by atoms with van der Waals surface area (Å²) in [5, 5.41) is 6.91. The molecule has 2 aromatic rings. The number of aromatic nitrogens is 3. The van der Waals surface area contributed by atoms with Crippen LogP contribution in [0.3, 0.4) is 0 Å². The summed E-state index contributed by atoms with van der Waals surface area (Å²) in [5.41, 5.74) is -0.293. The molecule has 7 nitrogen and oxygen atoms in total. The topological polar surface area (TPSA) is 94.0 Å². The highest BCUT2D eigenvalue weighted by Gasteiger charge is 2.20. The van der Waals surface area contributed by atoms with Crippen molar-refractivity contribution in [1.82, 2.24) is 14.8 Å². The summed E-state index contributed by atoms with van der Waals surface area (Å²) < 4.78 is 31.6. The summed E-state index contributed by atoms with van der Waals surface area (Å²) in [6.45, 7) is 1.16. The van der Waals surface area contributed by atoms with Crippen LogP contribution >= 0.6 is 11.8 Å². The molecule has 1 fully saturated rings. The van der Waals surface area contributed by atoms with E-state index >= 15 is 0 Å². The summed E-state index contributed by atoms with van der Waals surface area (Å²) in [6.07, 6.45) is 1.94. The van der Waals surface area contributed by atoms with Gasteiger partial charge < -0.3 is 4.74 Å². The minimum Gasteiger partial charge on any atom is -0.376 e. The van der Waals surface area contributed by atoms with Crippen molar-refractivity contribution in [3.05, 3.63) is 40.8 Å². The Bertz CT molecular complexity index is 824. The van der Waals surface area contributed by atoms with E-state index in [0.717, 1.165) is 19.4 Å². The van der Waals surface area contributed by atoms with Crippen LogP contribution in [0.2, 0.25) is 0 Å². The molecule has 1 unspecified atom stereocenters. The summed E-state index contributed by atoms with van der Waals surface area (Å²) >= 11 is 1.26. The molecule has 0 saturated carbocycles. The number of hydrogen-bond acceptors (Lipinski definition) is 6. The molecule has 9 heteroatoms. The molecular weight excluding hydrogens is 350 g/mol. The van der Waals surface area contributed by atoms with Crippen LogP contribution in [0, 0.1) is 0 Å². The van der Waals surface area contributed by atoms with Gasteiger partial charge in [-0.3, -0.25) is 4.57 Å². The smallest absolute Gasteiger partial charge is 0.344 e. The van der Waals surface area contributed by atoms with E-state index in [1.54, 1.807) is 30.3 Å². The fourth-order valence-electron chi connectivity index (χ4n) is 2.55. The van der Waals surface area contributed by atoms with Crippen molar-refractivity contribution < 1.29 is 13.2 Å². The molecule has 0 spiro atoms. The third-order valence-electron chi connectivity index (χ3n) is 3.82. The van der Waals surface area contributed by atoms with Crippen LogP contribution in [-0.4, -0.2) is 47.4 Å². The molecule has 0 radical (unpaired) electrons. The Morgan fingerprint density at radius 2 is 2.12 bits per heavy atom. The van der Waals surface area contributed by atoms with Gasteiger partial charge in [0.2, 0.25) is 0 Å². The number of hydrogen-bond donors (Lipinski definition) is 1. The molecule has 1 aliphatic heterocycles. The fraction of sp³-hybridized carbons (Fsp3) is 0.467. The SMILES string of the molecule is O=c1[nH]nc(SCCS(=O)(=O)c2ccccc2)n1CC1CCCO1. The van der Waals surface area contributed by atoms with Gasteiger partial charge >= 0.3 is 5.69 Å². The van der Waals surface area contributed by atoms with Gasteiger partial charge in [-0.25, -0.2) is 18.3 Å². The van der Waals surface area contributed by atoms with Gasteiger partial charge in [-0.2, -0.15) is 0 Å². The third-order valence-corrected chi connectivity index (χ3v) is 6.79. The monoisotopic (exact) mass is 369 g/mol. The van der Waals surface area contributed by atoms with E-state index in [-0.39, 0.29) is 17.5 Å². The maximum absolute atomic E-state index is 12.3. The number of thioether (sulfide) groups is 1. The molecule has 0 bridgehead atoms. The van der Waals surface area contributed by atoms with E-state index in [2.05, 4.69) is 10.2 Å². The highest BCUT2D eigenvalue weighted by Crippen LogP contribution is 2.19.